The first-order chi connectivity index (χ1) is 12.4. The lowest BCUT2D eigenvalue weighted by atomic mass is 10.1. The minimum absolute atomic E-state index is 0.131. The topological polar surface area (TPSA) is 76.7 Å². The van der Waals surface area contributed by atoms with Crippen molar-refractivity contribution in [1.82, 2.24) is 10.9 Å². The molecule has 6 heteroatoms. The number of aryl methyl sites for hydroxylation is 3. The van der Waals surface area contributed by atoms with Gasteiger partial charge in [0.15, 0.2) is 6.61 Å². The molecule has 0 heterocycles. The maximum atomic E-state index is 11.7. The lowest BCUT2D eigenvalue weighted by molar-refractivity contribution is -0.130. The summed E-state index contributed by atoms with van der Waals surface area (Å²) in [5, 5.41) is 0. The molecule has 2 amide bonds. The van der Waals surface area contributed by atoms with Gasteiger partial charge in [-0.3, -0.25) is 20.4 Å². The third kappa shape index (κ3) is 6.84. The minimum Gasteiger partial charge on any atom is -0.493 e. The fourth-order valence-corrected chi connectivity index (χ4v) is 2.30. The summed E-state index contributed by atoms with van der Waals surface area (Å²) in [6, 6.07) is 13.3. The van der Waals surface area contributed by atoms with E-state index in [-0.39, 0.29) is 25.5 Å². The number of amides is 2. The first-order valence-corrected chi connectivity index (χ1v) is 8.40. The van der Waals surface area contributed by atoms with Crippen LogP contribution < -0.4 is 20.3 Å². The molecule has 0 aliphatic carbocycles. The number of hydrazine groups is 1. The average molecular weight is 356 g/mol. The van der Waals surface area contributed by atoms with Gasteiger partial charge in [0, 0.05) is 0 Å². The standard InChI is InChI=1S/C20H24N2O4/c1-14-4-6-17(7-5-14)25-9-8-19(23)21-22-20(24)13-26-18-11-15(2)10-16(3)12-18/h4-7,10-12H,8-9,13H2,1-3H3,(H,21,23)(H,22,24). The van der Waals surface area contributed by atoms with E-state index in [1.165, 1.54) is 0 Å². The van der Waals surface area contributed by atoms with Crippen molar-refractivity contribution in [3.63, 3.8) is 0 Å². The number of hydrogen-bond acceptors (Lipinski definition) is 4. The fourth-order valence-electron chi connectivity index (χ4n) is 2.30. The molecule has 2 aromatic carbocycles. The smallest absolute Gasteiger partial charge is 0.276 e. The number of carbonyl (C=O) groups excluding carboxylic acids is 2. The molecule has 0 unspecified atom stereocenters. The van der Waals surface area contributed by atoms with Crippen molar-refractivity contribution in [2.24, 2.45) is 0 Å². The van der Waals surface area contributed by atoms with Crippen LogP contribution in [0.3, 0.4) is 0 Å². The van der Waals surface area contributed by atoms with Crippen molar-refractivity contribution < 1.29 is 19.1 Å². The summed E-state index contributed by atoms with van der Waals surface area (Å²) >= 11 is 0. The van der Waals surface area contributed by atoms with Gasteiger partial charge < -0.3 is 9.47 Å². The molecule has 0 saturated heterocycles. The zero-order chi connectivity index (χ0) is 18.9. The third-order valence-electron chi connectivity index (χ3n) is 3.53. The third-order valence-corrected chi connectivity index (χ3v) is 3.53. The SMILES string of the molecule is Cc1ccc(OCCC(=O)NNC(=O)COc2cc(C)cc(C)c2)cc1. The molecule has 0 saturated carbocycles. The van der Waals surface area contributed by atoms with Crippen LogP contribution in [0.1, 0.15) is 23.1 Å². The molecule has 6 nitrogen and oxygen atoms in total. The second-order valence-electron chi connectivity index (χ2n) is 6.12. The molecule has 0 bridgehead atoms. The van der Waals surface area contributed by atoms with E-state index in [0.717, 1.165) is 16.7 Å². The van der Waals surface area contributed by atoms with Crippen LogP contribution in [0.25, 0.3) is 0 Å². The summed E-state index contributed by atoms with van der Waals surface area (Å²) in [4.78, 5) is 23.4. The number of carbonyl (C=O) groups is 2. The van der Waals surface area contributed by atoms with Crippen LogP contribution in [0.15, 0.2) is 42.5 Å². The Hall–Kier alpha value is -3.02. The maximum absolute atomic E-state index is 11.7. The van der Waals surface area contributed by atoms with E-state index in [2.05, 4.69) is 10.9 Å². The number of ether oxygens (including phenoxy) is 2. The van der Waals surface area contributed by atoms with Gasteiger partial charge in [0.2, 0.25) is 5.91 Å². The van der Waals surface area contributed by atoms with Crippen LogP contribution in [0.4, 0.5) is 0 Å². The van der Waals surface area contributed by atoms with Crippen LogP contribution in [-0.4, -0.2) is 25.0 Å². The molecule has 138 valence electrons. The second kappa shape index (κ2) is 9.46. The predicted octanol–water partition coefficient (Wildman–Crippen LogP) is 2.61. The summed E-state index contributed by atoms with van der Waals surface area (Å²) < 4.78 is 10.9. The monoisotopic (exact) mass is 356 g/mol. The summed E-state index contributed by atoms with van der Waals surface area (Å²) in [6.45, 7) is 5.95. The van der Waals surface area contributed by atoms with Crippen molar-refractivity contribution >= 4 is 11.8 Å². The van der Waals surface area contributed by atoms with Gasteiger partial charge >= 0.3 is 0 Å². The number of benzene rings is 2. The second-order valence-corrected chi connectivity index (χ2v) is 6.12. The van der Waals surface area contributed by atoms with Crippen LogP contribution in [0.5, 0.6) is 11.5 Å². The fraction of sp³-hybridized carbons (Fsp3) is 0.300. The Kier molecular flexibility index (Phi) is 7.02. The minimum atomic E-state index is -0.433. The molecule has 0 spiro atoms. The molecule has 2 N–H and O–H groups in total. The lowest BCUT2D eigenvalue weighted by Crippen LogP contribution is -2.44. The van der Waals surface area contributed by atoms with Crippen molar-refractivity contribution in [1.29, 1.82) is 0 Å². The Bertz CT molecular complexity index is 737. The van der Waals surface area contributed by atoms with Crippen molar-refractivity contribution in [3.8, 4) is 11.5 Å². The van der Waals surface area contributed by atoms with E-state index in [0.29, 0.717) is 11.5 Å². The molecule has 0 radical (unpaired) electrons. The molecule has 2 aromatic rings. The van der Waals surface area contributed by atoms with Gasteiger partial charge in [-0.15, -0.1) is 0 Å². The molecule has 0 aromatic heterocycles. The van der Waals surface area contributed by atoms with Crippen LogP contribution in [-0.2, 0) is 9.59 Å². The maximum Gasteiger partial charge on any atom is 0.276 e. The first kappa shape index (κ1) is 19.3. The normalized spacial score (nSPS) is 10.1. The molecule has 0 aliphatic rings. The molecule has 26 heavy (non-hydrogen) atoms. The van der Waals surface area contributed by atoms with E-state index in [4.69, 9.17) is 9.47 Å². The van der Waals surface area contributed by atoms with Crippen LogP contribution >= 0.6 is 0 Å². The molecule has 0 atom stereocenters. The zero-order valence-electron chi connectivity index (χ0n) is 15.3. The Morgan fingerprint density at radius 2 is 1.38 bits per heavy atom. The predicted molar refractivity (Wildman–Crippen MR) is 99.0 cm³/mol. The zero-order valence-corrected chi connectivity index (χ0v) is 15.3. The van der Waals surface area contributed by atoms with Crippen molar-refractivity contribution in [3.05, 3.63) is 59.2 Å². The van der Waals surface area contributed by atoms with E-state index in [1.807, 2.05) is 63.2 Å². The van der Waals surface area contributed by atoms with Gasteiger partial charge in [0.1, 0.15) is 11.5 Å². The van der Waals surface area contributed by atoms with Crippen molar-refractivity contribution in [2.75, 3.05) is 13.2 Å². The Balaban J connectivity index is 1.63. The van der Waals surface area contributed by atoms with E-state index in [9.17, 15) is 9.59 Å². The molecule has 0 fully saturated rings. The van der Waals surface area contributed by atoms with E-state index >= 15 is 0 Å². The van der Waals surface area contributed by atoms with Crippen LogP contribution in [0.2, 0.25) is 0 Å². The Morgan fingerprint density at radius 1 is 0.769 bits per heavy atom. The average Bonchev–Trinajstić information content (AvgIpc) is 2.59. The molecule has 0 aliphatic heterocycles. The number of nitrogens with one attached hydrogen (secondary N) is 2. The van der Waals surface area contributed by atoms with Gasteiger partial charge in [-0.2, -0.15) is 0 Å². The highest BCUT2D eigenvalue weighted by molar-refractivity contribution is 5.82. The summed E-state index contributed by atoms with van der Waals surface area (Å²) in [6.07, 6.45) is 0.131. The summed E-state index contributed by atoms with van der Waals surface area (Å²) in [5.41, 5.74) is 7.91. The van der Waals surface area contributed by atoms with Gasteiger partial charge in [0.25, 0.3) is 5.91 Å². The highest BCUT2D eigenvalue weighted by Gasteiger charge is 2.07. The first-order valence-electron chi connectivity index (χ1n) is 8.40. The van der Waals surface area contributed by atoms with Crippen molar-refractivity contribution in [2.45, 2.75) is 27.2 Å². The highest BCUT2D eigenvalue weighted by Crippen LogP contribution is 2.15. The van der Waals surface area contributed by atoms with Gasteiger partial charge in [-0.25, -0.2) is 0 Å². The van der Waals surface area contributed by atoms with Gasteiger partial charge in [-0.05, 0) is 56.2 Å². The van der Waals surface area contributed by atoms with Gasteiger partial charge in [0.05, 0.1) is 13.0 Å². The Labute approximate surface area is 153 Å². The number of hydrogen-bond donors (Lipinski definition) is 2. The lowest BCUT2D eigenvalue weighted by Gasteiger charge is -2.10. The van der Waals surface area contributed by atoms with E-state index in [1.54, 1.807) is 0 Å². The molecular weight excluding hydrogens is 332 g/mol. The summed E-state index contributed by atoms with van der Waals surface area (Å²) in [7, 11) is 0. The largest absolute Gasteiger partial charge is 0.493 e. The molecular formula is C20H24N2O4. The van der Waals surface area contributed by atoms with Gasteiger partial charge in [-0.1, -0.05) is 23.8 Å². The van der Waals surface area contributed by atoms with E-state index < -0.39 is 5.91 Å². The Morgan fingerprint density at radius 3 is 2.04 bits per heavy atom. The highest BCUT2D eigenvalue weighted by atomic mass is 16.5. The number of rotatable bonds is 7. The van der Waals surface area contributed by atoms with Crippen LogP contribution in [0, 0.1) is 20.8 Å². The molecule has 2 rings (SSSR count). The quantitative estimate of drug-likeness (QED) is 0.748. The summed E-state index contributed by atoms with van der Waals surface area (Å²) in [5.74, 6) is 0.554.